The van der Waals surface area contributed by atoms with Gasteiger partial charge < -0.3 is 4.90 Å². The molecule has 0 aromatic heterocycles. The normalized spacial score (nSPS) is 19.6. The van der Waals surface area contributed by atoms with Crippen LogP contribution in [-0.2, 0) is 4.79 Å². The number of likely N-dealkylation sites (tertiary alicyclic amines) is 1. The monoisotopic (exact) mass is 223 g/mol. The topological polar surface area (TPSA) is 20.3 Å². The number of allylic oxidation sites excluding steroid dienone is 2. The Morgan fingerprint density at radius 2 is 1.75 bits per heavy atom. The first kappa shape index (κ1) is 13.3. The Labute approximate surface area is 99.7 Å². The summed E-state index contributed by atoms with van der Waals surface area (Å²) in [4.78, 5) is 14.0. The quantitative estimate of drug-likeness (QED) is 0.681. The van der Waals surface area contributed by atoms with Crippen LogP contribution in [0.4, 0.5) is 0 Å². The maximum Gasteiger partial charge on any atom is 0.175 e. The van der Waals surface area contributed by atoms with Crippen LogP contribution in [0.5, 0.6) is 0 Å². The van der Waals surface area contributed by atoms with Crippen LogP contribution < -0.4 is 0 Å². The third kappa shape index (κ3) is 3.10. The molecule has 2 nitrogen and oxygen atoms in total. The molecule has 1 heterocycles. The fourth-order valence-corrected chi connectivity index (χ4v) is 2.53. The molecule has 1 saturated heterocycles. The molecule has 1 aliphatic rings. The Morgan fingerprint density at radius 1 is 1.19 bits per heavy atom. The summed E-state index contributed by atoms with van der Waals surface area (Å²) in [5.74, 6) is 1.10. The zero-order valence-electron chi connectivity index (χ0n) is 11.2. The van der Waals surface area contributed by atoms with E-state index in [1.54, 1.807) is 6.92 Å². The summed E-state index contributed by atoms with van der Waals surface area (Å²) in [6, 6.07) is 0. The summed E-state index contributed by atoms with van der Waals surface area (Å²) < 4.78 is 0. The Hall–Kier alpha value is -0.790. The molecule has 1 aliphatic heterocycles. The third-order valence-corrected chi connectivity index (χ3v) is 3.78. The lowest BCUT2D eigenvalue weighted by molar-refractivity contribution is -0.115. The van der Waals surface area contributed by atoms with E-state index in [0.717, 1.165) is 31.1 Å². The van der Waals surface area contributed by atoms with Crippen molar-refractivity contribution in [2.24, 2.45) is 5.92 Å². The summed E-state index contributed by atoms with van der Waals surface area (Å²) in [5.41, 5.74) is 2.22. The van der Waals surface area contributed by atoms with Crippen LogP contribution in [0.15, 0.2) is 11.3 Å². The number of carbonyl (C=O) groups is 1. The molecule has 0 radical (unpaired) electrons. The lowest BCUT2D eigenvalue weighted by Gasteiger charge is -2.35. The SMILES string of the molecule is CC/C(C)=C(/C(C)=O)N1CCC(CC)CC1. The van der Waals surface area contributed by atoms with Gasteiger partial charge in [-0.25, -0.2) is 0 Å². The third-order valence-electron chi connectivity index (χ3n) is 3.78. The predicted octanol–water partition coefficient (Wildman–Crippen LogP) is 3.38. The summed E-state index contributed by atoms with van der Waals surface area (Å²) >= 11 is 0. The van der Waals surface area contributed by atoms with Crippen LogP contribution in [0.1, 0.15) is 53.4 Å². The molecular weight excluding hydrogens is 198 g/mol. The molecule has 0 aromatic carbocycles. The minimum atomic E-state index is 0.231. The highest BCUT2D eigenvalue weighted by molar-refractivity contribution is 5.93. The molecule has 0 unspecified atom stereocenters. The number of hydrogen-bond donors (Lipinski definition) is 0. The smallest absolute Gasteiger partial charge is 0.175 e. The molecule has 16 heavy (non-hydrogen) atoms. The van der Waals surface area contributed by atoms with Gasteiger partial charge in [0.1, 0.15) is 0 Å². The maximum absolute atomic E-state index is 11.7. The minimum absolute atomic E-state index is 0.231. The van der Waals surface area contributed by atoms with Gasteiger partial charge in [-0.2, -0.15) is 0 Å². The molecule has 0 amide bonds. The van der Waals surface area contributed by atoms with Crippen molar-refractivity contribution in [3.05, 3.63) is 11.3 Å². The van der Waals surface area contributed by atoms with E-state index in [0.29, 0.717) is 0 Å². The highest BCUT2D eigenvalue weighted by atomic mass is 16.1. The Balaban J connectivity index is 2.72. The van der Waals surface area contributed by atoms with Gasteiger partial charge in [-0.3, -0.25) is 4.79 Å². The molecule has 1 rings (SSSR count). The number of ketones is 1. The van der Waals surface area contributed by atoms with Gasteiger partial charge in [-0.05, 0) is 37.7 Å². The van der Waals surface area contributed by atoms with Gasteiger partial charge in [0.15, 0.2) is 5.78 Å². The van der Waals surface area contributed by atoms with Crippen LogP contribution in [0.25, 0.3) is 0 Å². The van der Waals surface area contributed by atoms with Crippen molar-refractivity contribution < 1.29 is 4.79 Å². The molecule has 92 valence electrons. The van der Waals surface area contributed by atoms with E-state index in [2.05, 4.69) is 25.7 Å². The van der Waals surface area contributed by atoms with Gasteiger partial charge in [0.25, 0.3) is 0 Å². The van der Waals surface area contributed by atoms with Crippen molar-refractivity contribution in [3.8, 4) is 0 Å². The van der Waals surface area contributed by atoms with Crippen molar-refractivity contribution in [2.45, 2.75) is 53.4 Å². The number of piperidine rings is 1. The fraction of sp³-hybridized carbons (Fsp3) is 0.786. The summed E-state index contributed by atoms with van der Waals surface area (Å²) in [7, 11) is 0. The van der Waals surface area contributed by atoms with Crippen LogP contribution >= 0.6 is 0 Å². The van der Waals surface area contributed by atoms with Crippen LogP contribution in [0, 0.1) is 5.92 Å². The molecule has 0 aliphatic carbocycles. The zero-order valence-corrected chi connectivity index (χ0v) is 11.2. The lowest BCUT2D eigenvalue weighted by atomic mass is 9.93. The first-order valence-electron chi connectivity index (χ1n) is 6.55. The van der Waals surface area contributed by atoms with E-state index in [9.17, 15) is 4.79 Å². The van der Waals surface area contributed by atoms with E-state index in [1.807, 2.05) is 0 Å². The number of Topliss-reactive ketones (excluding diaryl/α,β-unsaturated/α-hetero) is 1. The van der Waals surface area contributed by atoms with Gasteiger partial charge in [0, 0.05) is 20.0 Å². The standard InChI is InChI=1S/C14H25NO/c1-5-11(3)14(12(4)16)15-9-7-13(6-2)8-10-15/h13H,5-10H2,1-4H3/b14-11-. The molecule has 2 heteroatoms. The second kappa shape index (κ2) is 6.07. The van der Waals surface area contributed by atoms with Crippen molar-refractivity contribution >= 4 is 5.78 Å². The molecule has 0 spiro atoms. The summed E-state index contributed by atoms with van der Waals surface area (Å²) in [6.07, 6.45) is 4.73. The second-order valence-corrected chi connectivity index (χ2v) is 4.88. The average Bonchev–Trinajstić information content (AvgIpc) is 2.29. The fourth-order valence-electron chi connectivity index (χ4n) is 2.53. The number of nitrogens with zero attached hydrogens (tertiary/aromatic N) is 1. The largest absolute Gasteiger partial charge is 0.369 e. The van der Waals surface area contributed by atoms with Gasteiger partial charge in [0.05, 0.1) is 5.70 Å². The van der Waals surface area contributed by atoms with Gasteiger partial charge in [0.2, 0.25) is 0 Å². The van der Waals surface area contributed by atoms with Gasteiger partial charge in [-0.1, -0.05) is 20.3 Å². The second-order valence-electron chi connectivity index (χ2n) is 4.88. The first-order valence-corrected chi connectivity index (χ1v) is 6.55. The summed E-state index contributed by atoms with van der Waals surface area (Å²) in [6.45, 7) is 10.3. The first-order chi connectivity index (χ1) is 7.60. The van der Waals surface area contributed by atoms with Crippen molar-refractivity contribution in [1.82, 2.24) is 4.90 Å². The van der Waals surface area contributed by atoms with Gasteiger partial charge >= 0.3 is 0 Å². The maximum atomic E-state index is 11.7. The highest BCUT2D eigenvalue weighted by Crippen LogP contribution is 2.25. The number of hydrogen-bond acceptors (Lipinski definition) is 2. The minimum Gasteiger partial charge on any atom is -0.369 e. The van der Waals surface area contributed by atoms with Crippen LogP contribution in [0.3, 0.4) is 0 Å². The molecule has 1 fully saturated rings. The molecule has 0 N–H and O–H groups in total. The summed E-state index contributed by atoms with van der Waals surface area (Å²) in [5, 5.41) is 0. The predicted molar refractivity (Wildman–Crippen MR) is 68.3 cm³/mol. The molecular formula is C14H25NO. The van der Waals surface area contributed by atoms with E-state index in [4.69, 9.17) is 0 Å². The lowest BCUT2D eigenvalue weighted by Crippen LogP contribution is -2.35. The van der Waals surface area contributed by atoms with E-state index in [-0.39, 0.29) is 5.78 Å². The molecule has 0 bridgehead atoms. The van der Waals surface area contributed by atoms with Gasteiger partial charge in [-0.15, -0.1) is 0 Å². The molecule has 0 aromatic rings. The molecule has 0 atom stereocenters. The Kier molecular flexibility index (Phi) is 5.04. The van der Waals surface area contributed by atoms with Crippen LogP contribution in [-0.4, -0.2) is 23.8 Å². The van der Waals surface area contributed by atoms with Crippen molar-refractivity contribution in [1.29, 1.82) is 0 Å². The van der Waals surface area contributed by atoms with E-state index >= 15 is 0 Å². The van der Waals surface area contributed by atoms with Crippen LogP contribution in [0.2, 0.25) is 0 Å². The van der Waals surface area contributed by atoms with Crippen molar-refractivity contribution in [2.75, 3.05) is 13.1 Å². The molecule has 0 saturated carbocycles. The van der Waals surface area contributed by atoms with Crippen molar-refractivity contribution in [3.63, 3.8) is 0 Å². The number of rotatable bonds is 4. The average molecular weight is 223 g/mol. The Morgan fingerprint density at radius 3 is 2.12 bits per heavy atom. The highest BCUT2D eigenvalue weighted by Gasteiger charge is 2.22. The van der Waals surface area contributed by atoms with E-state index in [1.165, 1.54) is 24.8 Å². The van der Waals surface area contributed by atoms with E-state index < -0.39 is 0 Å². The zero-order chi connectivity index (χ0) is 12.1. The Bertz CT molecular complexity index is 272. The number of carbonyl (C=O) groups excluding carboxylic acids is 1.